The van der Waals surface area contributed by atoms with E-state index in [0.29, 0.717) is 11.1 Å². The highest BCUT2D eigenvalue weighted by molar-refractivity contribution is 9.10. The predicted octanol–water partition coefficient (Wildman–Crippen LogP) is 5.16. The van der Waals surface area contributed by atoms with Gasteiger partial charge in [0.25, 0.3) is 5.92 Å². The highest BCUT2D eigenvalue weighted by Gasteiger charge is 2.60. The van der Waals surface area contributed by atoms with Crippen LogP contribution in [0.15, 0.2) is 64.6 Å². The molecule has 2 aromatic rings. The van der Waals surface area contributed by atoms with Crippen LogP contribution in [0.4, 0.5) is 8.78 Å². The van der Waals surface area contributed by atoms with Gasteiger partial charge in [-0.15, -0.1) is 0 Å². The van der Waals surface area contributed by atoms with Crippen molar-refractivity contribution in [2.24, 2.45) is 0 Å². The van der Waals surface area contributed by atoms with E-state index in [9.17, 15) is 13.6 Å². The van der Waals surface area contributed by atoms with E-state index in [-0.39, 0.29) is 11.1 Å². The molecule has 0 radical (unpaired) electrons. The maximum absolute atomic E-state index is 14.3. The summed E-state index contributed by atoms with van der Waals surface area (Å²) in [5.41, 5.74) is 0.749. The van der Waals surface area contributed by atoms with Gasteiger partial charge >= 0.3 is 5.97 Å². The number of carbonyl (C=O) groups is 1. The molecule has 23 heavy (non-hydrogen) atoms. The molecule has 118 valence electrons. The predicted molar refractivity (Wildman–Crippen MR) is 87.0 cm³/mol. The summed E-state index contributed by atoms with van der Waals surface area (Å²) in [6.45, 7) is 1.22. The fourth-order valence-corrected chi connectivity index (χ4v) is 2.85. The summed E-state index contributed by atoms with van der Waals surface area (Å²) < 4.78 is 34.7. The van der Waals surface area contributed by atoms with E-state index in [1.807, 2.05) is 0 Å². The number of alkyl halides is 2. The van der Waals surface area contributed by atoms with Crippen molar-refractivity contribution in [1.29, 1.82) is 0 Å². The third kappa shape index (κ3) is 3.06. The van der Waals surface area contributed by atoms with E-state index in [1.165, 1.54) is 6.92 Å². The minimum atomic E-state index is -3.06. The van der Waals surface area contributed by atoms with Crippen molar-refractivity contribution in [2.45, 2.75) is 19.0 Å². The highest BCUT2D eigenvalue weighted by Crippen LogP contribution is 2.60. The van der Waals surface area contributed by atoms with Crippen LogP contribution < -0.4 is 0 Å². The summed E-state index contributed by atoms with van der Waals surface area (Å²) in [5.74, 6) is -3.66. The Bertz CT molecular complexity index is 767. The van der Waals surface area contributed by atoms with E-state index in [4.69, 9.17) is 4.74 Å². The number of benzene rings is 2. The zero-order valence-electron chi connectivity index (χ0n) is 12.2. The van der Waals surface area contributed by atoms with Gasteiger partial charge in [-0.05, 0) is 23.3 Å². The maximum Gasteiger partial charge on any atom is 0.303 e. The molecular weight excluding hydrogens is 366 g/mol. The van der Waals surface area contributed by atoms with Crippen LogP contribution in [0.25, 0.3) is 5.57 Å². The standard InChI is InChI=1S/C18H13BrF2O2/c1-11(22)23-17(13-7-9-14(19)10-8-13)16-15(18(16,20)21)12-5-3-2-4-6-12/h2-10,17H,1H3. The van der Waals surface area contributed by atoms with Gasteiger partial charge in [0, 0.05) is 17.0 Å². The van der Waals surface area contributed by atoms with Gasteiger partial charge in [0.1, 0.15) is 0 Å². The second-order valence-corrected chi connectivity index (χ2v) is 6.19. The van der Waals surface area contributed by atoms with Gasteiger partial charge in [-0.2, -0.15) is 8.78 Å². The first-order valence-corrected chi connectivity index (χ1v) is 7.81. The second-order valence-electron chi connectivity index (χ2n) is 5.27. The smallest absolute Gasteiger partial charge is 0.303 e. The van der Waals surface area contributed by atoms with Crippen LogP contribution in [0.3, 0.4) is 0 Å². The van der Waals surface area contributed by atoms with Gasteiger partial charge in [0.2, 0.25) is 0 Å². The molecule has 0 fully saturated rings. The molecule has 0 aliphatic heterocycles. The molecule has 0 saturated heterocycles. The molecule has 0 saturated carbocycles. The minimum absolute atomic E-state index is 0.0627. The van der Waals surface area contributed by atoms with Crippen LogP contribution in [0.2, 0.25) is 0 Å². The monoisotopic (exact) mass is 378 g/mol. The van der Waals surface area contributed by atoms with Gasteiger partial charge in [-0.3, -0.25) is 4.79 Å². The molecule has 2 aromatic carbocycles. The molecule has 0 bridgehead atoms. The number of rotatable bonds is 4. The third-order valence-corrected chi connectivity index (χ3v) is 4.17. The van der Waals surface area contributed by atoms with Crippen molar-refractivity contribution in [3.63, 3.8) is 0 Å². The molecule has 1 aliphatic rings. The van der Waals surface area contributed by atoms with Crippen molar-refractivity contribution in [3.8, 4) is 0 Å². The first-order valence-electron chi connectivity index (χ1n) is 7.02. The molecule has 0 aromatic heterocycles. The number of ether oxygens (including phenoxy) is 1. The fraction of sp³-hybridized carbons (Fsp3) is 0.167. The summed E-state index contributed by atoms with van der Waals surface area (Å²) in [6.07, 6.45) is -1.08. The third-order valence-electron chi connectivity index (χ3n) is 3.64. The van der Waals surface area contributed by atoms with Crippen LogP contribution in [0.5, 0.6) is 0 Å². The molecule has 0 heterocycles. The summed E-state index contributed by atoms with van der Waals surface area (Å²) in [7, 11) is 0. The number of allylic oxidation sites excluding steroid dienone is 1. The SMILES string of the molecule is CC(=O)OC(C1=C(c2ccccc2)C1(F)F)c1ccc(Br)cc1. The molecule has 0 amide bonds. The topological polar surface area (TPSA) is 26.3 Å². The lowest BCUT2D eigenvalue weighted by Gasteiger charge is -2.15. The summed E-state index contributed by atoms with van der Waals surface area (Å²) in [4.78, 5) is 11.4. The second kappa shape index (κ2) is 5.89. The Morgan fingerprint density at radius 1 is 1.09 bits per heavy atom. The number of esters is 1. The van der Waals surface area contributed by atoms with Crippen LogP contribution >= 0.6 is 15.9 Å². The quantitative estimate of drug-likeness (QED) is 0.687. The minimum Gasteiger partial charge on any atom is -0.453 e. The van der Waals surface area contributed by atoms with Crippen molar-refractivity contribution < 1.29 is 18.3 Å². The summed E-state index contributed by atoms with van der Waals surface area (Å²) in [6, 6.07) is 15.2. The number of hydrogen-bond donors (Lipinski definition) is 0. The van der Waals surface area contributed by atoms with Gasteiger partial charge in [-0.25, -0.2) is 0 Å². The first-order chi connectivity index (χ1) is 10.9. The van der Waals surface area contributed by atoms with E-state index in [1.54, 1.807) is 54.6 Å². The Balaban J connectivity index is 2.04. The normalized spacial score (nSPS) is 16.9. The first kappa shape index (κ1) is 15.9. The largest absolute Gasteiger partial charge is 0.453 e. The lowest BCUT2D eigenvalue weighted by Crippen LogP contribution is -2.12. The molecule has 1 atom stereocenters. The summed E-state index contributed by atoms with van der Waals surface area (Å²) in [5, 5.41) is 0. The van der Waals surface area contributed by atoms with Crippen LogP contribution in [-0.4, -0.2) is 11.9 Å². The molecule has 5 heteroatoms. The van der Waals surface area contributed by atoms with Crippen LogP contribution in [0, 0.1) is 0 Å². The van der Waals surface area contributed by atoms with Crippen molar-refractivity contribution in [2.75, 3.05) is 0 Å². The molecule has 3 rings (SSSR count). The highest BCUT2D eigenvalue weighted by atomic mass is 79.9. The number of halogens is 3. The Hall–Kier alpha value is -2.01. The maximum atomic E-state index is 14.3. The Morgan fingerprint density at radius 3 is 2.26 bits per heavy atom. The van der Waals surface area contributed by atoms with E-state index >= 15 is 0 Å². The average Bonchev–Trinajstić information content (AvgIpc) is 3.09. The Labute approximate surface area is 140 Å². The molecule has 1 unspecified atom stereocenters. The van der Waals surface area contributed by atoms with E-state index in [0.717, 1.165) is 4.47 Å². The average molecular weight is 379 g/mol. The van der Waals surface area contributed by atoms with E-state index in [2.05, 4.69) is 15.9 Å². The molecular formula is C18H13BrF2O2. The van der Waals surface area contributed by atoms with Crippen molar-refractivity contribution >= 4 is 27.5 Å². The van der Waals surface area contributed by atoms with Crippen LogP contribution in [-0.2, 0) is 9.53 Å². The Kier molecular flexibility index (Phi) is 4.06. The molecule has 2 nitrogen and oxygen atoms in total. The van der Waals surface area contributed by atoms with Gasteiger partial charge in [-0.1, -0.05) is 58.4 Å². The van der Waals surface area contributed by atoms with Gasteiger partial charge < -0.3 is 4.74 Å². The van der Waals surface area contributed by atoms with Crippen LogP contribution in [0.1, 0.15) is 24.2 Å². The lowest BCUT2D eigenvalue weighted by molar-refractivity contribution is -0.145. The van der Waals surface area contributed by atoms with Crippen molar-refractivity contribution in [1.82, 2.24) is 0 Å². The fourth-order valence-electron chi connectivity index (χ4n) is 2.59. The summed E-state index contributed by atoms with van der Waals surface area (Å²) >= 11 is 3.30. The zero-order chi connectivity index (χ0) is 16.6. The molecule has 0 N–H and O–H groups in total. The van der Waals surface area contributed by atoms with E-state index < -0.39 is 18.0 Å². The molecule has 0 spiro atoms. The number of carbonyl (C=O) groups excluding carboxylic acids is 1. The zero-order valence-corrected chi connectivity index (χ0v) is 13.8. The molecule has 1 aliphatic carbocycles. The van der Waals surface area contributed by atoms with Crippen molar-refractivity contribution in [3.05, 3.63) is 75.8 Å². The lowest BCUT2D eigenvalue weighted by atomic mass is 10.1. The van der Waals surface area contributed by atoms with Gasteiger partial charge in [0.15, 0.2) is 6.10 Å². The van der Waals surface area contributed by atoms with Gasteiger partial charge in [0.05, 0.1) is 5.57 Å². The number of hydrogen-bond acceptors (Lipinski definition) is 2. The Morgan fingerprint density at radius 2 is 1.70 bits per heavy atom.